The highest BCUT2D eigenvalue weighted by Crippen LogP contribution is 2.46. The van der Waals surface area contributed by atoms with Gasteiger partial charge >= 0.3 is 0 Å². The SMILES string of the molecule is Cc1ccc(S(=O)(=O)N[C@@H]2[C@H]3CC[C@H](C3)[C@H]2N=[N+]=[N-])cc1. The monoisotopic (exact) mass is 306 g/mol. The second-order valence-corrected chi connectivity index (χ2v) is 7.70. The molecule has 0 amide bonds. The van der Waals surface area contributed by atoms with E-state index in [1.807, 2.05) is 6.92 Å². The number of sulfonamides is 1. The van der Waals surface area contributed by atoms with Crippen LogP contribution in [0.1, 0.15) is 24.8 Å². The van der Waals surface area contributed by atoms with Gasteiger partial charge in [0.2, 0.25) is 10.0 Å². The molecule has 3 rings (SSSR count). The lowest BCUT2D eigenvalue weighted by Gasteiger charge is -2.28. The lowest BCUT2D eigenvalue weighted by atomic mass is 9.92. The van der Waals surface area contributed by atoms with Crippen molar-refractivity contribution < 1.29 is 8.42 Å². The fourth-order valence-electron chi connectivity index (χ4n) is 3.62. The van der Waals surface area contributed by atoms with Gasteiger partial charge in [0.15, 0.2) is 0 Å². The van der Waals surface area contributed by atoms with Gasteiger partial charge in [0.1, 0.15) is 0 Å². The molecule has 6 nitrogen and oxygen atoms in total. The first kappa shape index (κ1) is 14.4. The van der Waals surface area contributed by atoms with Crippen molar-refractivity contribution in [2.75, 3.05) is 0 Å². The van der Waals surface area contributed by atoms with Crippen LogP contribution in [0.2, 0.25) is 0 Å². The maximum atomic E-state index is 12.5. The number of rotatable bonds is 4. The van der Waals surface area contributed by atoms with Crippen LogP contribution in [-0.2, 0) is 10.0 Å². The van der Waals surface area contributed by atoms with Crippen molar-refractivity contribution in [3.05, 3.63) is 40.3 Å². The maximum absolute atomic E-state index is 12.5. The van der Waals surface area contributed by atoms with Crippen molar-refractivity contribution in [2.45, 2.75) is 43.2 Å². The molecule has 1 aromatic carbocycles. The standard InChI is InChI=1S/C14H18N4O2S/c1-9-2-6-12(7-3-9)21(19,20)17-14-11-5-4-10(8-11)13(14)16-18-15/h2-3,6-7,10-11,13-14,17H,4-5,8H2,1H3/t10-,11+,13-,14-/m1/s1. The second-order valence-electron chi connectivity index (χ2n) is 5.99. The topological polar surface area (TPSA) is 94.9 Å². The first-order valence-corrected chi connectivity index (χ1v) is 8.63. The minimum Gasteiger partial charge on any atom is -0.207 e. The Morgan fingerprint density at radius 3 is 2.57 bits per heavy atom. The van der Waals surface area contributed by atoms with Gasteiger partial charge in [0.25, 0.3) is 0 Å². The number of fused-ring (bicyclic) bond motifs is 2. The molecule has 2 aliphatic carbocycles. The van der Waals surface area contributed by atoms with Gasteiger partial charge in [0, 0.05) is 11.0 Å². The summed E-state index contributed by atoms with van der Waals surface area (Å²) >= 11 is 0. The first-order valence-electron chi connectivity index (χ1n) is 7.14. The zero-order chi connectivity index (χ0) is 15.0. The normalized spacial score (nSPS) is 31.1. The number of nitrogens with zero attached hydrogens (tertiary/aromatic N) is 3. The Kier molecular flexibility index (Phi) is 3.65. The molecule has 2 fully saturated rings. The van der Waals surface area contributed by atoms with Crippen LogP contribution in [0.15, 0.2) is 34.3 Å². The van der Waals surface area contributed by atoms with Crippen LogP contribution >= 0.6 is 0 Å². The zero-order valence-corrected chi connectivity index (χ0v) is 12.6. The van der Waals surface area contributed by atoms with Crippen molar-refractivity contribution in [3.63, 3.8) is 0 Å². The highest BCUT2D eigenvalue weighted by molar-refractivity contribution is 7.89. The summed E-state index contributed by atoms with van der Waals surface area (Å²) in [6, 6.07) is 6.24. The van der Waals surface area contributed by atoms with Crippen LogP contribution in [0.3, 0.4) is 0 Å². The van der Waals surface area contributed by atoms with Crippen molar-refractivity contribution in [1.29, 1.82) is 0 Å². The van der Waals surface area contributed by atoms with Crippen LogP contribution < -0.4 is 4.72 Å². The predicted octanol–water partition coefficient (Wildman–Crippen LogP) is 2.75. The Hall–Kier alpha value is -1.56. The van der Waals surface area contributed by atoms with E-state index in [-0.39, 0.29) is 22.9 Å². The minimum atomic E-state index is -3.57. The average Bonchev–Trinajstić information content (AvgIpc) is 3.02. The minimum absolute atomic E-state index is 0.256. The molecule has 112 valence electrons. The predicted molar refractivity (Wildman–Crippen MR) is 79.1 cm³/mol. The van der Waals surface area contributed by atoms with E-state index in [1.54, 1.807) is 24.3 Å². The molecule has 7 heteroatoms. The van der Waals surface area contributed by atoms with E-state index in [0.29, 0.717) is 5.92 Å². The third-order valence-electron chi connectivity index (χ3n) is 4.68. The summed E-state index contributed by atoms with van der Waals surface area (Å²) in [6.45, 7) is 1.91. The molecule has 1 aromatic rings. The highest BCUT2D eigenvalue weighted by Gasteiger charge is 2.48. The second kappa shape index (κ2) is 5.33. The Morgan fingerprint density at radius 2 is 1.90 bits per heavy atom. The molecule has 4 atom stereocenters. The molecule has 0 spiro atoms. The lowest BCUT2D eigenvalue weighted by molar-refractivity contribution is 0.343. The number of hydrogen-bond donors (Lipinski definition) is 1. The molecule has 0 aromatic heterocycles. The van der Waals surface area contributed by atoms with Gasteiger partial charge in [-0.05, 0) is 55.7 Å². The fraction of sp³-hybridized carbons (Fsp3) is 0.571. The summed E-state index contributed by atoms with van der Waals surface area (Å²) in [6.07, 6.45) is 2.98. The third-order valence-corrected chi connectivity index (χ3v) is 6.16. The third kappa shape index (κ3) is 2.64. The summed E-state index contributed by atoms with van der Waals surface area (Å²) in [4.78, 5) is 3.15. The van der Waals surface area contributed by atoms with E-state index < -0.39 is 10.0 Å². The molecule has 2 bridgehead atoms. The summed E-state index contributed by atoms with van der Waals surface area (Å²) in [5.74, 6) is 0.599. The average molecular weight is 306 g/mol. The summed E-state index contributed by atoms with van der Waals surface area (Å²) in [5.41, 5.74) is 9.71. The number of benzene rings is 1. The number of aryl methyl sites for hydroxylation is 1. The van der Waals surface area contributed by atoms with Crippen molar-refractivity contribution in [3.8, 4) is 0 Å². The van der Waals surface area contributed by atoms with E-state index >= 15 is 0 Å². The van der Waals surface area contributed by atoms with Crippen LogP contribution in [0.25, 0.3) is 10.4 Å². The van der Waals surface area contributed by atoms with Gasteiger partial charge in [-0.1, -0.05) is 22.8 Å². The van der Waals surface area contributed by atoms with E-state index in [4.69, 9.17) is 5.53 Å². The molecule has 21 heavy (non-hydrogen) atoms. The maximum Gasteiger partial charge on any atom is 0.240 e. The van der Waals surface area contributed by atoms with Gasteiger partial charge < -0.3 is 0 Å². The number of hydrogen-bond acceptors (Lipinski definition) is 3. The molecular formula is C14H18N4O2S. The lowest BCUT2D eigenvalue weighted by Crippen LogP contribution is -2.45. The van der Waals surface area contributed by atoms with Crippen LogP contribution in [0.5, 0.6) is 0 Å². The van der Waals surface area contributed by atoms with Crippen LogP contribution in [-0.4, -0.2) is 20.5 Å². The number of nitrogens with one attached hydrogen (secondary N) is 1. The molecule has 2 saturated carbocycles. The van der Waals surface area contributed by atoms with Gasteiger partial charge in [-0.3, -0.25) is 0 Å². The van der Waals surface area contributed by atoms with Gasteiger partial charge in [-0.15, -0.1) is 0 Å². The van der Waals surface area contributed by atoms with Crippen molar-refractivity contribution >= 4 is 10.0 Å². The fourth-order valence-corrected chi connectivity index (χ4v) is 4.94. The highest BCUT2D eigenvalue weighted by atomic mass is 32.2. The zero-order valence-electron chi connectivity index (χ0n) is 11.8. The first-order chi connectivity index (χ1) is 10.0. The van der Waals surface area contributed by atoms with E-state index in [1.165, 1.54) is 0 Å². The Bertz CT molecular complexity index is 679. The summed E-state index contributed by atoms with van der Waals surface area (Å²) in [7, 11) is -3.57. The molecule has 0 unspecified atom stereocenters. The number of azide groups is 1. The van der Waals surface area contributed by atoms with E-state index in [2.05, 4.69) is 14.7 Å². The van der Waals surface area contributed by atoms with Crippen LogP contribution in [0, 0.1) is 18.8 Å². The van der Waals surface area contributed by atoms with Crippen LogP contribution in [0.4, 0.5) is 0 Å². The van der Waals surface area contributed by atoms with E-state index in [9.17, 15) is 8.42 Å². The molecule has 1 N–H and O–H groups in total. The van der Waals surface area contributed by atoms with Gasteiger partial charge in [-0.25, -0.2) is 13.1 Å². The molecule has 0 heterocycles. The Morgan fingerprint density at radius 1 is 1.24 bits per heavy atom. The van der Waals surface area contributed by atoms with Gasteiger partial charge in [0.05, 0.1) is 10.9 Å². The van der Waals surface area contributed by atoms with E-state index in [0.717, 1.165) is 24.8 Å². The quantitative estimate of drug-likeness (QED) is 0.526. The van der Waals surface area contributed by atoms with Crippen molar-refractivity contribution in [2.24, 2.45) is 17.0 Å². The Balaban J connectivity index is 1.84. The largest absolute Gasteiger partial charge is 0.240 e. The smallest absolute Gasteiger partial charge is 0.207 e. The molecule has 0 saturated heterocycles. The molecule has 0 radical (unpaired) electrons. The molecule has 0 aliphatic heterocycles. The molecular weight excluding hydrogens is 288 g/mol. The Labute approximate surface area is 124 Å². The molecule has 2 aliphatic rings. The van der Waals surface area contributed by atoms with Gasteiger partial charge in [-0.2, -0.15) is 0 Å². The summed E-state index contributed by atoms with van der Waals surface area (Å²) in [5, 5.41) is 3.83. The summed E-state index contributed by atoms with van der Waals surface area (Å²) < 4.78 is 27.7. The van der Waals surface area contributed by atoms with Crippen molar-refractivity contribution in [1.82, 2.24) is 4.72 Å².